The van der Waals surface area contributed by atoms with Crippen molar-refractivity contribution in [1.29, 1.82) is 0 Å². The lowest BCUT2D eigenvalue weighted by Gasteiger charge is -2.10. The minimum Gasteiger partial charge on any atom is -0.341 e. The number of nitrogens with one attached hydrogen (secondary N) is 1. The summed E-state index contributed by atoms with van der Waals surface area (Å²) >= 11 is 0. The van der Waals surface area contributed by atoms with Crippen LogP contribution >= 0.6 is 0 Å². The summed E-state index contributed by atoms with van der Waals surface area (Å²) in [7, 11) is 0. The predicted octanol–water partition coefficient (Wildman–Crippen LogP) is 2.92. The van der Waals surface area contributed by atoms with Crippen molar-refractivity contribution in [2.75, 3.05) is 0 Å². The van der Waals surface area contributed by atoms with Crippen molar-refractivity contribution in [3.05, 3.63) is 29.6 Å². The number of imidazole rings is 1. The fraction of sp³-hybridized carbons (Fsp3) is 0.462. The van der Waals surface area contributed by atoms with Gasteiger partial charge in [0.15, 0.2) is 0 Å². The first-order chi connectivity index (χ1) is 7.56. The number of rotatable bonds is 3. The van der Waals surface area contributed by atoms with Crippen LogP contribution in [-0.2, 0) is 0 Å². The molecular formula is C13H19N3. The van der Waals surface area contributed by atoms with E-state index < -0.39 is 0 Å². The van der Waals surface area contributed by atoms with Gasteiger partial charge in [0, 0.05) is 0 Å². The van der Waals surface area contributed by atoms with Gasteiger partial charge in [0.05, 0.1) is 17.1 Å². The Labute approximate surface area is 96.1 Å². The van der Waals surface area contributed by atoms with Gasteiger partial charge in [0.1, 0.15) is 5.82 Å². The van der Waals surface area contributed by atoms with Gasteiger partial charge in [-0.3, -0.25) is 0 Å². The topological polar surface area (TPSA) is 54.7 Å². The number of fused-ring (bicyclic) bond motifs is 1. The van der Waals surface area contributed by atoms with Crippen molar-refractivity contribution in [3.8, 4) is 0 Å². The lowest BCUT2D eigenvalue weighted by molar-refractivity contribution is 0.496. The molecule has 0 aliphatic rings. The Kier molecular flexibility index (Phi) is 2.97. The highest BCUT2D eigenvalue weighted by atomic mass is 15.0. The normalized spacial score (nSPS) is 13.6. The van der Waals surface area contributed by atoms with E-state index in [0.29, 0.717) is 5.92 Å². The van der Waals surface area contributed by atoms with Gasteiger partial charge in [0.2, 0.25) is 0 Å². The molecule has 0 aliphatic carbocycles. The highest BCUT2D eigenvalue weighted by Crippen LogP contribution is 2.20. The molecule has 3 N–H and O–H groups in total. The predicted molar refractivity (Wildman–Crippen MR) is 67.2 cm³/mol. The Balaban J connectivity index is 2.32. The van der Waals surface area contributed by atoms with Gasteiger partial charge < -0.3 is 10.7 Å². The Morgan fingerprint density at radius 3 is 2.81 bits per heavy atom. The highest BCUT2D eigenvalue weighted by molar-refractivity contribution is 5.75. The van der Waals surface area contributed by atoms with Crippen LogP contribution in [0.1, 0.15) is 37.7 Å². The molecule has 86 valence electrons. The molecule has 1 heterocycles. The highest BCUT2D eigenvalue weighted by Gasteiger charge is 2.12. The van der Waals surface area contributed by atoms with Crippen molar-refractivity contribution < 1.29 is 0 Å². The lowest BCUT2D eigenvalue weighted by Crippen LogP contribution is -2.14. The number of hydrogen-bond acceptors (Lipinski definition) is 2. The van der Waals surface area contributed by atoms with E-state index in [1.807, 2.05) is 6.07 Å². The third-order valence-electron chi connectivity index (χ3n) is 2.73. The molecule has 0 radical (unpaired) electrons. The standard InChI is InChI=1S/C13H19N3/c1-8(2)6-10(14)13-15-11-5-4-9(3)7-12(11)16-13/h4-5,7-8,10H,6,14H2,1-3H3,(H,15,16)/t10-/m1/s1. The van der Waals surface area contributed by atoms with Crippen LogP contribution in [0.4, 0.5) is 0 Å². The molecule has 3 heteroatoms. The average Bonchev–Trinajstić information content (AvgIpc) is 2.59. The van der Waals surface area contributed by atoms with E-state index in [-0.39, 0.29) is 6.04 Å². The van der Waals surface area contributed by atoms with Crippen LogP contribution < -0.4 is 5.73 Å². The number of benzene rings is 1. The zero-order chi connectivity index (χ0) is 11.7. The van der Waals surface area contributed by atoms with Crippen molar-refractivity contribution in [1.82, 2.24) is 9.97 Å². The Morgan fingerprint density at radius 1 is 1.38 bits per heavy atom. The molecule has 1 aromatic carbocycles. The lowest BCUT2D eigenvalue weighted by atomic mass is 10.0. The maximum absolute atomic E-state index is 6.10. The third kappa shape index (κ3) is 2.25. The molecule has 0 aliphatic heterocycles. The number of aromatic amines is 1. The number of aryl methyl sites for hydroxylation is 1. The third-order valence-corrected chi connectivity index (χ3v) is 2.73. The van der Waals surface area contributed by atoms with Crippen LogP contribution in [-0.4, -0.2) is 9.97 Å². The molecule has 0 unspecified atom stereocenters. The van der Waals surface area contributed by atoms with E-state index in [9.17, 15) is 0 Å². The molecule has 1 atom stereocenters. The van der Waals surface area contributed by atoms with Gasteiger partial charge in [-0.2, -0.15) is 0 Å². The van der Waals surface area contributed by atoms with Crippen molar-refractivity contribution >= 4 is 11.0 Å². The van der Waals surface area contributed by atoms with Crippen molar-refractivity contribution in [2.45, 2.75) is 33.2 Å². The summed E-state index contributed by atoms with van der Waals surface area (Å²) in [5.74, 6) is 1.49. The van der Waals surface area contributed by atoms with E-state index in [4.69, 9.17) is 5.73 Å². The zero-order valence-corrected chi connectivity index (χ0v) is 10.1. The molecule has 16 heavy (non-hydrogen) atoms. The summed E-state index contributed by atoms with van der Waals surface area (Å²) in [6.45, 7) is 6.42. The molecule has 0 saturated carbocycles. The van der Waals surface area contributed by atoms with E-state index in [0.717, 1.165) is 23.3 Å². The average molecular weight is 217 g/mol. The number of H-pyrrole nitrogens is 1. The van der Waals surface area contributed by atoms with Gasteiger partial charge in [-0.05, 0) is 37.0 Å². The van der Waals surface area contributed by atoms with Crippen LogP contribution in [0, 0.1) is 12.8 Å². The maximum atomic E-state index is 6.10. The molecule has 0 amide bonds. The Morgan fingerprint density at radius 2 is 2.12 bits per heavy atom. The first-order valence-corrected chi connectivity index (χ1v) is 5.78. The van der Waals surface area contributed by atoms with Gasteiger partial charge in [-0.15, -0.1) is 0 Å². The summed E-state index contributed by atoms with van der Waals surface area (Å²) in [5.41, 5.74) is 9.42. The SMILES string of the molecule is Cc1ccc2nc([C@H](N)CC(C)C)[nH]c2c1. The van der Waals surface area contributed by atoms with Gasteiger partial charge >= 0.3 is 0 Å². The van der Waals surface area contributed by atoms with Crippen molar-refractivity contribution in [2.24, 2.45) is 11.7 Å². The molecule has 3 nitrogen and oxygen atoms in total. The van der Waals surface area contributed by atoms with Crippen molar-refractivity contribution in [3.63, 3.8) is 0 Å². The first kappa shape index (κ1) is 11.1. The summed E-state index contributed by atoms with van der Waals surface area (Å²) in [6, 6.07) is 6.22. The van der Waals surface area contributed by atoms with Crippen LogP contribution in [0.3, 0.4) is 0 Å². The molecule has 0 saturated heterocycles. The zero-order valence-electron chi connectivity index (χ0n) is 10.1. The summed E-state index contributed by atoms with van der Waals surface area (Å²) in [5, 5.41) is 0. The molecule has 0 bridgehead atoms. The van der Waals surface area contributed by atoms with Gasteiger partial charge in [-0.25, -0.2) is 4.98 Å². The molecular weight excluding hydrogens is 198 g/mol. The quantitative estimate of drug-likeness (QED) is 0.830. The number of nitrogens with two attached hydrogens (primary N) is 1. The minimum atomic E-state index is 0.00714. The second-order valence-corrected chi connectivity index (χ2v) is 4.88. The number of aromatic nitrogens is 2. The molecule has 2 aromatic rings. The van der Waals surface area contributed by atoms with E-state index >= 15 is 0 Å². The first-order valence-electron chi connectivity index (χ1n) is 5.78. The summed E-state index contributed by atoms with van der Waals surface area (Å²) in [6.07, 6.45) is 0.957. The van der Waals surface area contributed by atoms with E-state index in [1.54, 1.807) is 0 Å². The Bertz CT molecular complexity index is 485. The molecule has 1 aromatic heterocycles. The van der Waals surface area contributed by atoms with Crippen LogP contribution in [0.2, 0.25) is 0 Å². The number of nitrogens with zero attached hydrogens (tertiary/aromatic N) is 1. The van der Waals surface area contributed by atoms with Gasteiger partial charge in [0.25, 0.3) is 0 Å². The summed E-state index contributed by atoms with van der Waals surface area (Å²) < 4.78 is 0. The van der Waals surface area contributed by atoms with E-state index in [2.05, 4.69) is 42.9 Å². The molecule has 0 spiro atoms. The Hall–Kier alpha value is -1.35. The maximum Gasteiger partial charge on any atom is 0.124 e. The minimum absolute atomic E-state index is 0.00714. The molecule has 2 rings (SSSR count). The fourth-order valence-corrected chi connectivity index (χ4v) is 1.94. The van der Waals surface area contributed by atoms with Crippen LogP contribution in [0.15, 0.2) is 18.2 Å². The van der Waals surface area contributed by atoms with E-state index in [1.165, 1.54) is 5.56 Å². The molecule has 0 fully saturated rings. The van der Waals surface area contributed by atoms with Gasteiger partial charge in [-0.1, -0.05) is 19.9 Å². The second kappa shape index (κ2) is 4.26. The fourth-order valence-electron chi connectivity index (χ4n) is 1.94. The van der Waals surface area contributed by atoms with Crippen LogP contribution in [0.5, 0.6) is 0 Å². The monoisotopic (exact) mass is 217 g/mol. The van der Waals surface area contributed by atoms with Crippen LogP contribution in [0.25, 0.3) is 11.0 Å². The largest absolute Gasteiger partial charge is 0.341 e. The number of hydrogen-bond donors (Lipinski definition) is 2. The summed E-state index contributed by atoms with van der Waals surface area (Å²) in [4.78, 5) is 7.83. The smallest absolute Gasteiger partial charge is 0.124 e. The second-order valence-electron chi connectivity index (χ2n) is 4.88.